The summed E-state index contributed by atoms with van der Waals surface area (Å²) in [6.45, 7) is 4.11. The average Bonchev–Trinajstić information content (AvgIpc) is 2.69. The molecule has 3 rings (SSSR count). The second kappa shape index (κ2) is 5.15. The molecular weight excluding hydrogens is 293 g/mol. The Labute approximate surface area is 126 Å². The van der Waals surface area contributed by atoms with Gasteiger partial charge in [-0.05, 0) is 44.2 Å². The SMILES string of the molecule is Cc1ccc2[nH]c(C)c(Sc3ccc(F)cc3Cl)c2c1. The van der Waals surface area contributed by atoms with Gasteiger partial charge in [-0.2, -0.15) is 0 Å². The fourth-order valence-corrected chi connectivity index (χ4v) is 3.49. The van der Waals surface area contributed by atoms with Crippen LogP contribution >= 0.6 is 23.4 Å². The van der Waals surface area contributed by atoms with Crippen LogP contribution in [0.1, 0.15) is 11.3 Å². The molecule has 0 radical (unpaired) electrons. The largest absolute Gasteiger partial charge is 0.358 e. The van der Waals surface area contributed by atoms with Gasteiger partial charge in [0.25, 0.3) is 0 Å². The Balaban J connectivity index is 2.10. The molecule has 0 bridgehead atoms. The molecule has 2 aromatic carbocycles. The van der Waals surface area contributed by atoms with Gasteiger partial charge in [0.2, 0.25) is 0 Å². The third-order valence-electron chi connectivity index (χ3n) is 3.19. The zero-order valence-electron chi connectivity index (χ0n) is 11.1. The number of hydrogen-bond donors (Lipinski definition) is 1. The van der Waals surface area contributed by atoms with Gasteiger partial charge in [0.15, 0.2) is 0 Å². The predicted octanol–water partition coefficient (Wildman–Crippen LogP) is 5.73. The molecule has 0 aliphatic rings. The number of hydrogen-bond acceptors (Lipinski definition) is 1. The lowest BCUT2D eigenvalue weighted by Gasteiger charge is -2.05. The van der Waals surface area contributed by atoms with Gasteiger partial charge in [0, 0.05) is 26.4 Å². The fourth-order valence-electron chi connectivity index (χ4n) is 2.22. The van der Waals surface area contributed by atoms with E-state index in [0.717, 1.165) is 21.0 Å². The maximum atomic E-state index is 13.1. The van der Waals surface area contributed by atoms with Crippen molar-refractivity contribution in [2.45, 2.75) is 23.6 Å². The second-order valence-corrected chi connectivity index (χ2v) is 6.26. The molecule has 0 spiro atoms. The van der Waals surface area contributed by atoms with Crippen molar-refractivity contribution in [2.24, 2.45) is 0 Å². The minimum atomic E-state index is -0.314. The predicted molar refractivity (Wildman–Crippen MR) is 83.3 cm³/mol. The number of nitrogens with one attached hydrogen (secondary N) is 1. The Bertz CT molecular complexity index is 795. The van der Waals surface area contributed by atoms with E-state index < -0.39 is 0 Å². The van der Waals surface area contributed by atoms with Crippen molar-refractivity contribution in [3.8, 4) is 0 Å². The highest BCUT2D eigenvalue weighted by molar-refractivity contribution is 7.99. The number of aromatic nitrogens is 1. The third kappa shape index (κ3) is 2.43. The van der Waals surface area contributed by atoms with Crippen LogP contribution in [0.25, 0.3) is 10.9 Å². The summed E-state index contributed by atoms with van der Waals surface area (Å²) in [5, 5.41) is 1.62. The van der Waals surface area contributed by atoms with Crippen LogP contribution in [0.2, 0.25) is 5.02 Å². The van der Waals surface area contributed by atoms with Crippen LogP contribution in [0, 0.1) is 19.7 Å². The van der Waals surface area contributed by atoms with Crippen LogP contribution in [0.15, 0.2) is 46.2 Å². The third-order valence-corrected chi connectivity index (χ3v) is 4.92. The first kappa shape index (κ1) is 13.5. The number of fused-ring (bicyclic) bond motifs is 1. The van der Waals surface area contributed by atoms with Crippen molar-refractivity contribution >= 4 is 34.3 Å². The number of rotatable bonds is 2. The van der Waals surface area contributed by atoms with Crippen molar-refractivity contribution in [3.05, 3.63) is 58.5 Å². The molecule has 0 aliphatic heterocycles. The van der Waals surface area contributed by atoms with Gasteiger partial charge in [-0.1, -0.05) is 35.0 Å². The van der Waals surface area contributed by atoms with Gasteiger partial charge in [-0.3, -0.25) is 0 Å². The summed E-state index contributed by atoms with van der Waals surface area (Å²) in [6, 6.07) is 10.8. The molecule has 0 amide bonds. The zero-order valence-corrected chi connectivity index (χ0v) is 12.7. The van der Waals surface area contributed by atoms with Crippen LogP contribution in [-0.4, -0.2) is 4.98 Å². The van der Waals surface area contributed by atoms with Crippen molar-refractivity contribution in [2.75, 3.05) is 0 Å². The lowest BCUT2D eigenvalue weighted by Crippen LogP contribution is -1.80. The zero-order chi connectivity index (χ0) is 14.3. The normalized spacial score (nSPS) is 11.2. The van der Waals surface area contributed by atoms with Crippen molar-refractivity contribution < 1.29 is 4.39 Å². The molecule has 0 fully saturated rings. The topological polar surface area (TPSA) is 15.8 Å². The van der Waals surface area contributed by atoms with Gasteiger partial charge >= 0.3 is 0 Å². The standard InChI is InChI=1S/C16H13ClFNS/c1-9-3-5-14-12(7-9)16(10(2)19-14)20-15-6-4-11(18)8-13(15)17/h3-8,19H,1-2H3. The van der Waals surface area contributed by atoms with Crippen molar-refractivity contribution in [3.63, 3.8) is 0 Å². The van der Waals surface area contributed by atoms with E-state index in [1.54, 1.807) is 17.8 Å². The van der Waals surface area contributed by atoms with Crippen LogP contribution in [0.5, 0.6) is 0 Å². The molecule has 0 saturated heterocycles. The Morgan fingerprint density at radius 2 is 1.90 bits per heavy atom. The van der Waals surface area contributed by atoms with Crippen LogP contribution in [0.4, 0.5) is 4.39 Å². The molecule has 1 N–H and O–H groups in total. The molecule has 0 saturated carbocycles. The highest BCUT2D eigenvalue weighted by Gasteiger charge is 2.12. The highest BCUT2D eigenvalue weighted by atomic mass is 35.5. The molecule has 102 valence electrons. The molecule has 3 aromatic rings. The molecule has 1 aromatic heterocycles. The van der Waals surface area contributed by atoms with E-state index in [1.165, 1.54) is 23.1 Å². The number of H-pyrrole nitrogens is 1. The minimum absolute atomic E-state index is 0.314. The summed E-state index contributed by atoms with van der Waals surface area (Å²) in [6.07, 6.45) is 0. The van der Waals surface area contributed by atoms with E-state index in [-0.39, 0.29) is 5.82 Å². The summed E-state index contributed by atoms with van der Waals surface area (Å²) < 4.78 is 13.1. The van der Waals surface area contributed by atoms with Gasteiger partial charge in [0.05, 0.1) is 5.02 Å². The Hall–Kier alpha value is -1.45. The summed E-state index contributed by atoms with van der Waals surface area (Å²) in [7, 11) is 0. The molecule has 0 atom stereocenters. The summed E-state index contributed by atoms with van der Waals surface area (Å²) in [5.41, 5.74) is 3.41. The molecular formula is C16H13ClFNS. The van der Waals surface area contributed by atoms with Crippen molar-refractivity contribution in [1.82, 2.24) is 4.98 Å². The quantitative estimate of drug-likeness (QED) is 0.639. The van der Waals surface area contributed by atoms with E-state index in [4.69, 9.17) is 11.6 Å². The van der Waals surface area contributed by atoms with E-state index in [0.29, 0.717) is 5.02 Å². The van der Waals surface area contributed by atoms with Crippen LogP contribution < -0.4 is 0 Å². The Morgan fingerprint density at radius 3 is 2.65 bits per heavy atom. The van der Waals surface area contributed by atoms with E-state index in [2.05, 4.69) is 30.1 Å². The first-order valence-electron chi connectivity index (χ1n) is 6.26. The molecule has 1 heterocycles. The van der Waals surface area contributed by atoms with Crippen LogP contribution in [0.3, 0.4) is 0 Å². The minimum Gasteiger partial charge on any atom is -0.358 e. The summed E-state index contributed by atoms with van der Waals surface area (Å²) in [4.78, 5) is 5.36. The number of aromatic amines is 1. The lowest BCUT2D eigenvalue weighted by atomic mass is 10.2. The monoisotopic (exact) mass is 305 g/mol. The Kier molecular flexibility index (Phi) is 3.48. The number of halogens is 2. The van der Waals surface area contributed by atoms with E-state index in [9.17, 15) is 4.39 Å². The molecule has 4 heteroatoms. The number of aryl methyl sites for hydroxylation is 2. The average molecular weight is 306 g/mol. The first-order chi connectivity index (χ1) is 9.54. The van der Waals surface area contributed by atoms with Gasteiger partial charge < -0.3 is 4.98 Å². The lowest BCUT2D eigenvalue weighted by molar-refractivity contribution is 0.626. The maximum Gasteiger partial charge on any atom is 0.124 e. The second-order valence-electron chi connectivity index (χ2n) is 4.80. The fraction of sp³-hybridized carbons (Fsp3) is 0.125. The summed E-state index contributed by atoms with van der Waals surface area (Å²) >= 11 is 7.67. The van der Waals surface area contributed by atoms with Crippen molar-refractivity contribution in [1.29, 1.82) is 0 Å². The summed E-state index contributed by atoms with van der Waals surface area (Å²) in [5.74, 6) is -0.314. The van der Waals surface area contributed by atoms with Gasteiger partial charge in [-0.15, -0.1) is 0 Å². The highest BCUT2D eigenvalue weighted by Crippen LogP contribution is 2.39. The first-order valence-corrected chi connectivity index (χ1v) is 7.46. The Morgan fingerprint density at radius 1 is 1.10 bits per heavy atom. The molecule has 1 nitrogen and oxygen atoms in total. The van der Waals surface area contributed by atoms with Gasteiger partial charge in [0.1, 0.15) is 5.82 Å². The molecule has 20 heavy (non-hydrogen) atoms. The van der Waals surface area contributed by atoms with E-state index >= 15 is 0 Å². The molecule has 0 aliphatic carbocycles. The maximum absolute atomic E-state index is 13.1. The smallest absolute Gasteiger partial charge is 0.124 e. The van der Waals surface area contributed by atoms with E-state index in [1.807, 2.05) is 6.92 Å². The molecule has 0 unspecified atom stereocenters. The van der Waals surface area contributed by atoms with Gasteiger partial charge in [-0.25, -0.2) is 4.39 Å². The number of benzene rings is 2. The van der Waals surface area contributed by atoms with Crippen LogP contribution in [-0.2, 0) is 0 Å².